The predicted molar refractivity (Wildman–Crippen MR) is 90.6 cm³/mol. The number of hydrogen-bond acceptors (Lipinski definition) is 5. The summed E-state index contributed by atoms with van der Waals surface area (Å²) in [4.78, 5) is 10.8. The summed E-state index contributed by atoms with van der Waals surface area (Å²) in [5.74, 6) is 1.71. The maximum atomic E-state index is 10.8. The summed E-state index contributed by atoms with van der Waals surface area (Å²) >= 11 is 3.52. The molecule has 0 spiro atoms. The Morgan fingerprint density at radius 1 is 1.35 bits per heavy atom. The van der Waals surface area contributed by atoms with Crippen molar-refractivity contribution >= 4 is 27.7 Å². The molecule has 0 aliphatic carbocycles. The highest BCUT2D eigenvalue weighted by atomic mass is 79.9. The van der Waals surface area contributed by atoms with E-state index in [9.17, 15) is 4.79 Å². The second-order valence-corrected chi connectivity index (χ2v) is 5.69. The van der Waals surface area contributed by atoms with Crippen molar-refractivity contribution in [1.82, 2.24) is 9.78 Å². The van der Waals surface area contributed by atoms with Gasteiger partial charge in [-0.05, 0) is 17.7 Å². The van der Waals surface area contributed by atoms with E-state index in [0.29, 0.717) is 24.6 Å². The van der Waals surface area contributed by atoms with Crippen molar-refractivity contribution < 1.29 is 14.3 Å². The van der Waals surface area contributed by atoms with Crippen molar-refractivity contribution in [3.8, 4) is 11.5 Å². The molecular formula is C15H19BrN4O3. The number of methoxy groups -OCH3 is 2. The zero-order chi connectivity index (χ0) is 16.8. The molecule has 0 atom stereocenters. The number of nitrogens with zero attached hydrogens (tertiary/aromatic N) is 2. The van der Waals surface area contributed by atoms with Crippen LogP contribution < -0.4 is 20.5 Å². The number of nitrogens with two attached hydrogens (primary N) is 1. The van der Waals surface area contributed by atoms with Crippen LogP contribution in [0.15, 0.2) is 28.9 Å². The van der Waals surface area contributed by atoms with E-state index >= 15 is 0 Å². The standard InChI is InChI=1S/C15H19BrN4O3/c1-22-12-7-10(11(16)8-13(12)23-2)9-18-15-4-6-20(19-15)5-3-14(17)21/h4,6-8H,3,5,9H2,1-2H3,(H2,17,21)(H,18,19). The van der Waals surface area contributed by atoms with Gasteiger partial charge in [0.2, 0.25) is 5.91 Å². The summed E-state index contributed by atoms with van der Waals surface area (Å²) in [7, 11) is 3.20. The molecule has 3 N–H and O–H groups in total. The second kappa shape index (κ2) is 7.87. The number of rotatable bonds is 8. The van der Waals surface area contributed by atoms with Crippen LogP contribution >= 0.6 is 15.9 Å². The first-order chi connectivity index (χ1) is 11.0. The Morgan fingerprint density at radius 2 is 2.04 bits per heavy atom. The number of benzene rings is 1. The third-order valence-electron chi connectivity index (χ3n) is 3.24. The van der Waals surface area contributed by atoms with Gasteiger partial charge in [-0.2, -0.15) is 5.10 Å². The van der Waals surface area contributed by atoms with Gasteiger partial charge in [0.1, 0.15) is 5.82 Å². The van der Waals surface area contributed by atoms with Crippen molar-refractivity contribution in [2.75, 3.05) is 19.5 Å². The first-order valence-corrected chi connectivity index (χ1v) is 7.78. The highest BCUT2D eigenvalue weighted by Crippen LogP contribution is 2.33. The Kier molecular flexibility index (Phi) is 5.86. The molecule has 1 amide bonds. The zero-order valence-corrected chi connectivity index (χ0v) is 14.6. The molecule has 7 nitrogen and oxygen atoms in total. The Balaban J connectivity index is 2.02. The van der Waals surface area contributed by atoms with Crippen LogP contribution in [-0.4, -0.2) is 29.9 Å². The minimum atomic E-state index is -0.343. The van der Waals surface area contributed by atoms with Crippen LogP contribution in [0.2, 0.25) is 0 Å². The van der Waals surface area contributed by atoms with E-state index in [1.165, 1.54) is 0 Å². The lowest BCUT2D eigenvalue weighted by Crippen LogP contribution is -2.14. The van der Waals surface area contributed by atoms with Crippen LogP contribution in [0, 0.1) is 0 Å². The fraction of sp³-hybridized carbons (Fsp3) is 0.333. The van der Waals surface area contributed by atoms with Crippen molar-refractivity contribution in [3.63, 3.8) is 0 Å². The molecule has 0 fully saturated rings. The molecule has 1 heterocycles. The number of nitrogens with one attached hydrogen (secondary N) is 1. The number of carbonyl (C=O) groups excluding carboxylic acids is 1. The molecule has 0 radical (unpaired) electrons. The normalized spacial score (nSPS) is 10.4. The van der Waals surface area contributed by atoms with Crippen LogP contribution in [0.4, 0.5) is 5.82 Å². The van der Waals surface area contributed by atoms with Gasteiger partial charge in [0.05, 0.1) is 14.2 Å². The minimum absolute atomic E-state index is 0.266. The monoisotopic (exact) mass is 382 g/mol. The van der Waals surface area contributed by atoms with Gasteiger partial charge in [-0.1, -0.05) is 15.9 Å². The number of halogens is 1. The number of hydrogen-bond donors (Lipinski definition) is 2. The summed E-state index contributed by atoms with van der Waals surface area (Å²) in [5, 5.41) is 7.55. The molecule has 1 aromatic heterocycles. The molecule has 23 heavy (non-hydrogen) atoms. The molecule has 8 heteroatoms. The van der Waals surface area contributed by atoms with Gasteiger partial charge < -0.3 is 20.5 Å². The van der Waals surface area contributed by atoms with Gasteiger partial charge in [-0.3, -0.25) is 9.48 Å². The van der Waals surface area contributed by atoms with Crippen molar-refractivity contribution in [1.29, 1.82) is 0 Å². The van der Waals surface area contributed by atoms with Crippen LogP contribution in [0.3, 0.4) is 0 Å². The van der Waals surface area contributed by atoms with Crippen LogP contribution in [0.1, 0.15) is 12.0 Å². The van der Waals surface area contributed by atoms with E-state index in [1.807, 2.05) is 18.2 Å². The SMILES string of the molecule is COc1cc(Br)c(CNc2ccn(CCC(N)=O)n2)cc1OC. The predicted octanol–water partition coefficient (Wildman–Crippen LogP) is 2.15. The van der Waals surface area contributed by atoms with Crippen molar-refractivity contribution in [2.45, 2.75) is 19.5 Å². The van der Waals surface area contributed by atoms with Crippen molar-refractivity contribution in [3.05, 3.63) is 34.4 Å². The first kappa shape index (κ1) is 17.1. The molecule has 0 unspecified atom stereocenters. The van der Waals surface area contributed by atoms with E-state index in [4.69, 9.17) is 15.2 Å². The molecular weight excluding hydrogens is 364 g/mol. The largest absolute Gasteiger partial charge is 0.493 e. The maximum absolute atomic E-state index is 10.8. The Bertz CT molecular complexity index is 687. The highest BCUT2D eigenvalue weighted by Gasteiger charge is 2.10. The number of amides is 1. The molecule has 124 valence electrons. The smallest absolute Gasteiger partial charge is 0.219 e. The average molecular weight is 383 g/mol. The molecule has 0 aliphatic heterocycles. The molecule has 0 saturated heterocycles. The van der Waals surface area contributed by atoms with Crippen molar-refractivity contribution in [2.24, 2.45) is 5.73 Å². The van der Waals surface area contributed by atoms with E-state index in [1.54, 1.807) is 25.1 Å². The van der Waals surface area contributed by atoms with Crippen LogP contribution in [-0.2, 0) is 17.9 Å². The number of aryl methyl sites for hydroxylation is 1. The Labute approximate surface area is 142 Å². The van der Waals surface area contributed by atoms with E-state index in [-0.39, 0.29) is 12.3 Å². The molecule has 1 aromatic carbocycles. The quantitative estimate of drug-likeness (QED) is 0.729. The van der Waals surface area contributed by atoms with Crippen LogP contribution in [0.25, 0.3) is 0 Å². The number of aromatic nitrogens is 2. The van der Waals surface area contributed by atoms with Gasteiger partial charge in [0.25, 0.3) is 0 Å². The van der Waals surface area contributed by atoms with E-state index in [0.717, 1.165) is 15.9 Å². The fourth-order valence-corrected chi connectivity index (χ4v) is 2.49. The summed E-state index contributed by atoms with van der Waals surface area (Å²) in [6.45, 7) is 1.03. The summed E-state index contributed by atoms with van der Waals surface area (Å²) in [5.41, 5.74) is 6.14. The van der Waals surface area contributed by atoms with Gasteiger partial charge in [0.15, 0.2) is 11.5 Å². The lowest BCUT2D eigenvalue weighted by atomic mass is 10.2. The Hall–Kier alpha value is -2.22. The third kappa shape index (κ3) is 4.62. The molecule has 0 bridgehead atoms. The summed E-state index contributed by atoms with van der Waals surface area (Å²) < 4.78 is 13.2. The van der Waals surface area contributed by atoms with Crippen LogP contribution in [0.5, 0.6) is 11.5 Å². The maximum Gasteiger partial charge on any atom is 0.219 e. The first-order valence-electron chi connectivity index (χ1n) is 6.99. The summed E-state index contributed by atoms with van der Waals surface area (Å²) in [6.07, 6.45) is 2.07. The Morgan fingerprint density at radius 3 is 2.70 bits per heavy atom. The average Bonchev–Trinajstić information content (AvgIpc) is 2.99. The van der Waals surface area contributed by atoms with Gasteiger partial charge in [-0.15, -0.1) is 0 Å². The molecule has 2 aromatic rings. The fourth-order valence-electron chi connectivity index (χ4n) is 2.02. The number of anilines is 1. The van der Waals surface area contributed by atoms with E-state index < -0.39 is 0 Å². The summed E-state index contributed by atoms with van der Waals surface area (Å²) in [6, 6.07) is 5.61. The van der Waals surface area contributed by atoms with Gasteiger partial charge in [-0.25, -0.2) is 0 Å². The number of carbonyl (C=O) groups is 1. The second-order valence-electron chi connectivity index (χ2n) is 4.83. The van der Waals surface area contributed by atoms with Gasteiger partial charge >= 0.3 is 0 Å². The zero-order valence-electron chi connectivity index (χ0n) is 13.0. The van der Waals surface area contributed by atoms with Gasteiger partial charge in [0, 0.05) is 36.2 Å². The number of primary amides is 1. The third-order valence-corrected chi connectivity index (χ3v) is 3.98. The van der Waals surface area contributed by atoms with E-state index in [2.05, 4.69) is 26.3 Å². The lowest BCUT2D eigenvalue weighted by molar-refractivity contribution is -0.118. The highest BCUT2D eigenvalue weighted by molar-refractivity contribution is 9.10. The minimum Gasteiger partial charge on any atom is -0.493 e. The lowest BCUT2D eigenvalue weighted by Gasteiger charge is -2.12. The topological polar surface area (TPSA) is 91.4 Å². The molecule has 0 aliphatic rings. The molecule has 2 rings (SSSR count). The number of ether oxygens (including phenoxy) is 2. The molecule has 0 saturated carbocycles.